The lowest BCUT2D eigenvalue weighted by Crippen LogP contribution is -2.26. The Kier molecular flexibility index (Phi) is 5.28. The second kappa shape index (κ2) is 7.18. The number of nitrogens with zero attached hydrogens (tertiary/aromatic N) is 1. The van der Waals surface area contributed by atoms with E-state index in [4.69, 9.17) is 21.1 Å². The Labute approximate surface area is 135 Å². The Morgan fingerprint density at radius 2 is 1.82 bits per heavy atom. The highest BCUT2D eigenvalue weighted by Gasteiger charge is 2.20. The molecule has 0 radical (unpaired) electrons. The number of rotatable bonds is 5. The molecule has 0 heterocycles. The highest BCUT2D eigenvalue weighted by molar-refractivity contribution is 6.31. The number of amides is 1. The van der Waals surface area contributed by atoms with Gasteiger partial charge in [0.15, 0.2) is 11.5 Å². The predicted octanol–water partition coefficient (Wildman–Crippen LogP) is 3.63. The van der Waals surface area contributed by atoms with Gasteiger partial charge in [0.25, 0.3) is 5.91 Å². The van der Waals surface area contributed by atoms with Crippen molar-refractivity contribution < 1.29 is 14.3 Å². The van der Waals surface area contributed by atoms with Crippen molar-refractivity contribution in [3.63, 3.8) is 0 Å². The molecule has 2 aromatic carbocycles. The molecule has 0 spiro atoms. The molecule has 2 rings (SSSR count). The Hall–Kier alpha value is -2.20. The zero-order chi connectivity index (χ0) is 16.1. The fourth-order valence-corrected chi connectivity index (χ4v) is 2.41. The van der Waals surface area contributed by atoms with Crippen molar-refractivity contribution in [3.8, 4) is 11.5 Å². The fraction of sp³-hybridized carbons (Fsp3) is 0.235. The highest BCUT2D eigenvalue weighted by Crippen LogP contribution is 2.31. The number of hydrogen-bond donors (Lipinski definition) is 0. The molecule has 0 saturated heterocycles. The van der Waals surface area contributed by atoms with Crippen molar-refractivity contribution in [1.82, 2.24) is 4.90 Å². The highest BCUT2D eigenvalue weighted by atomic mass is 35.5. The van der Waals surface area contributed by atoms with Gasteiger partial charge in [-0.15, -0.1) is 0 Å². The van der Waals surface area contributed by atoms with Crippen molar-refractivity contribution in [2.45, 2.75) is 6.54 Å². The topological polar surface area (TPSA) is 38.8 Å². The van der Waals surface area contributed by atoms with Crippen molar-refractivity contribution in [2.75, 3.05) is 21.3 Å². The maximum absolute atomic E-state index is 12.7. The van der Waals surface area contributed by atoms with Gasteiger partial charge in [-0.3, -0.25) is 4.79 Å². The molecule has 4 nitrogen and oxygen atoms in total. The molecule has 116 valence electrons. The standard InChI is InChI=1S/C17H18ClNO3/c1-19(11-12-7-4-5-9-14(12)18)17(20)13-8-6-10-15(21-2)16(13)22-3/h4-10H,11H2,1-3H3. The largest absolute Gasteiger partial charge is 0.493 e. The zero-order valence-corrected chi connectivity index (χ0v) is 13.6. The van der Waals surface area contributed by atoms with Crippen molar-refractivity contribution in [1.29, 1.82) is 0 Å². The molecular formula is C17H18ClNO3. The normalized spacial score (nSPS) is 10.2. The molecule has 0 N–H and O–H groups in total. The summed E-state index contributed by atoms with van der Waals surface area (Å²) in [4.78, 5) is 14.3. The molecule has 2 aromatic rings. The lowest BCUT2D eigenvalue weighted by molar-refractivity contribution is 0.0781. The lowest BCUT2D eigenvalue weighted by atomic mass is 10.1. The summed E-state index contributed by atoms with van der Waals surface area (Å²) in [6.07, 6.45) is 0. The van der Waals surface area contributed by atoms with Crippen LogP contribution in [0.2, 0.25) is 5.02 Å². The summed E-state index contributed by atoms with van der Waals surface area (Å²) in [6, 6.07) is 12.7. The Morgan fingerprint density at radius 3 is 2.45 bits per heavy atom. The molecule has 0 aliphatic rings. The first-order valence-electron chi connectivity index (χ1n) is 6.78. The van der Waals surface area contributed by atoms with Crippen LogP contribution in [0.15, 0.2) is 42.5 Å². The van der Waals surface area contributed by atoms with Gasteiger partial charge in [-0.25, -0.2) is 0 Å². The molecule has 0 aliphatic carbocycles. The fourth-order valence-electron chi connectivity index (χ4n) is 2.22. The van der Waals surface area contributed by atoms with Crippen LogP contribution in [-0.2, 0) is 6.54 Å². The quantitative estimate of drug-likeness (QED) is 0.844. The van der Waals surface area contributed by atoms with E-state index in [2.05, 4.69) is 0 Å². The van der Waals surface area contributed by atoms with Gasteiger partial charge >= 0.3 is 0 Å². The van der Waals surface area contributed by atoms with Gasteiger partial charge in [0, 0.05) is 18.6 Å². The van der Waals surface area contributed by atoms with Gasteiger partial charge in [-0.05, 0) is 23.8 Å². The van der Waals surface area contributed by atoms with E-state index in [-0.39, 0.29) is 5.91 Å². The number of carbonyl (C=O) groups is 1. The number of methoxy groups -OCH3 is 2. The summed E-state index contributed by atoms with van der Waals surface area (Å²) in [5.41, 5.74) is 1.35. The number of hydrogen-bond acceptors (Lipinski definition) is 3. The molecule has 22 heavy (non-hydrogen) atoms. The second-order valence-electron chi connectivity index (χ2n) is 4.79. The summed E-state index contributed by atoms with van der Waals surface area (Å²) in [5.74, 6) is 0.802. The van der Waals surface area contributed by atoms with Crippen LogP contribution < -0.4 is 9.47 Å². The van der Waals surface area contributed by atoms with Crippen LogP contribution in [0.4, 0.5) is 0 Å². The molecule has 0 fully saturated rings. The Bertz CT molecular complexity index is 673. The summed E-state index contributed by atoms with van der Waals surface area (Å²) in [6.45, 7) is 0.416. The molecule has 5 heteroatoms. The lowest BCUT2D eigenvalue weighted by Gasteiger charge is -2.20. The molecule has 1 amide bonds. The zero-order valence-electron chi connectivity index (χ0n) is 12.8. The first-order chi connectivity index (χ1) is 10.6. The van der Waals surface area contributed by atoms with Crippen molar-refractivity contribution >= 4 is 17.5 Å². The molecule has 0 atom stereocenters. The molecule has 0 aromatic heterocycles. The third kappa shape index (κ3) is 3.34. The summed E-state index contributed by atoms with van der Waals surface area (Å²) >= 11 is 6.14. The van der Waals surface area contributed by atoms with Crippen LogP contribution in [0.25, 0.3) is 0 Å². The third-order valence-corrected chi connectivity index (χ3v) is 3.71. The summed E-state index contributed by atoms with van der Waals surface area (Å²) in [7, 11) is 4.78. The number of ether oxygens (including phenoxy) is 2. The van der Waals surface area contributed by atoms with Gasteiger partial charge in [0.1, 0.15) is 0 Å². The monoisotopic (exact) mass is 319 g/mol. The molecular weight excluding hydrogens is 302 g/mol. The summed E-state index contributed by atoms with van der Waals surface area (Å²) < 4.78 is 10.5. The van der Waals surface area contributed by atoms with Crippen molar-refractivity contribution in [2.24, 2.45) is 0 Å². The van der Waals surface area contributed by atoms with E-state index in [1.807, 2.05) is 18.2 Å². The Morgan fingerprint density at radius 1 is 1.09 bits per heavy atom. The van der Waals surface area contributed by atoms with Crippen LogP contribution in [0, 0.1) is 0 Å². The average molecular weight is 320 g/mol. The van der Waals surface area contributed by atoms with Gasteiger partial charge in [-0.2, -0.15) is 0 Å². The van der Waals surface area contributed by atoms with Gasteiger partial charge in [-0.1, -0.05) is 35.9 Å². The minimum atomic E-state index is -0.157. The summed E-state index contributed by atoms with van der Waals surface area (Å²) in [5, 5.41) is 0.639. The van der Waals surface area contributed by atoms with E-state index in [1.54, 1.807) is 43.3 Å². The van der Waals surface area contributed by atoms with Crippen LogP contribution >= 0.6 is 11.6 Å². The van der Waals surface area contributed by atoms with Crippen LogP contribution in [0.5, 0.6) is 11.5 Å². The number of carbonyl (C=O) groups excluding carboxylic acids is 1. The van der Waals surface area contributed by atoms with Gasteiger partial charge in [0.05, 0.1) is 19.8 Å². The van der Waals surface area contributed by atoms with E-state index >= 15 is 0 Å². The van der Waals surface area contributed by atoms with Gasteiger partial charge in [0.2, 0.25) is 0 Å². The number of benzene rings is 2. The molecule has 0 saturated carbocycles. The smallest absolute Gasteiger partial charge is 0.257 e. The maximum atomic E-state index is 12.7. The minimum Gasteiger partial charge on any atom is -0.493 e. The Balaban J connectivity index is 2.26. The minimum absolute atomic E-state index is 0.157. The van der Waals surface area contributed by atoms with E-state index in [1.165, 1.54) is 7.11 Å². The number of para-hydroxylation sites is 1. The number of halogens is 1. The third-order valence-electron chi connectivity index (χ3n) is 3.35. The SMILES string of the molecule is COc1cccc(C(=O)N(C)Cc2ccccc2Cl)c1OC. The van der Waals surface area contributed by atoms with E-state index in [9.17, 15) is 4.79 Å². The van der Waals surface area contributed by atoms with Gasteiger partial charge < -0.3 is 14.4 Å². The maximum Gasteiger partial charge on any atom is 0.257 e. The van der Waals surface area contributed by atoms with Crippen LogP contribution in [0.1, 0.15) is 15.9 Å². The molecule has 0 aliphatic heterocycles. The first-order valence-corrected chi connectivity index (χ1v) is 7.16. The second-order valence-corrected chi connectivity index (χ2v) is 5.20. The first kappa shape index (κ1) is 16.2. The van der Waals surface area contributed by atoms with E-state index < -0.39 is 0 Å². The molecule has 0 unspecified atom stereocenters. The average Bonchev–Trinajstić information content (AvgIpc) is 2.55. The van der Waals surface area contributed by atoms with Crippen LogP contribution in [0.3, 0.4) is 0 Å². The van der Waals surface area contributed by atoms with Crippen LogP contribution in [-0.4, -0.2) is 32.1 Å². The van der Waals surface area contributed by atoms with Crippen molar-refractivity contribution in [3.05, 3.63) is 58.6 Å². The van der Waals surface area contributed by atoms with E-state index in [0.717, 1.165) is 5.56 Å². The predicted molar refractivity (Wildman–Crippen MR) is 86.8 cm³/mol. The van der Waals surface area contributed by atoms with E-state index in [0.29, 0.717) is 28.6 Å². The molecule has 0 bridgehead atoms.